The van der Waals surface area contributed by atoms with E-state index >= 15 is 0 Å². The lowest BCUT2D eigenvalue weighted by Gasteiger charge is -2.13. The van der Waals surface area contributed by atoms with E-state index in [1.54, 1.807) is 7.11 Å². The Labute approximate surface area is 140 Å². The average molecular weight is 445 g/mol. The van der Waals surface area contributed by atoms with Crippen LogP contribution in [-0.2, 0) is 0 Å². The maximum Gasteiger partial charge on any atom is 0.198 e. The van der Waals surface area contributed by atoms with E-state index in [0.29, 0.717) is 16.9 Å². The standard InChI is InChI=1S/C16H14BrIO2/c1-9-6-10(2)15(14(7-9)20-3)16(19)12-8-11(18)4-5-13(12)17/h4-8H,1-3H3. The SMILES string of the molecule is COc1cc(C)cc(C)c1C(=O)c1cc(I)ccc1Br. The molecule has 0 saturated heterocycles. The van der Waals surface area contributed by atoms with E-state index in [2.05, 4.69) is 38.5 Å². The van der Waals surface area contributed by atoms with Crippen LogP contribution < -0.4 is 4.74 Å². The first kappa shape index (κ1) is 15.5. The van der Waals surface area contributed by atoms with Gasteiger partial charge in [-0.1, -0.05) is 22.0 Å². The molecule has 0 aromatic heterocycles. The minimum absolute atomic E-state index is 0.0234. The maximum atomic E-state index is 12.8. The molecule has 0 fully saturated rings. The number of carbonyl (C=O) groups is 1. The summed E-state index contributed by atoms with van der Waals surface area (Å²) in [6.07, 6.45) is 0. The number of rotatable bonds is 3. The van der Waals surface area contributed by atoms with Crippen LogP contribution in [-0.4, -0.2) is 12.9 Å². The number of ether oxygens (including phenoxy) is 1. The summed E-state index contributed by atoms with van der Waals surface area (Å²) in [5.41, 5.74) is 3.29. The second-order valence-corrected chi connectivity index (χ2v) is 6.71. The highest BCUT2D eigenvalue weighted by molar-refractivity contribution is 14.1. The van der Waals surface area contributed by atoms with Crippen LogP contribution in [0.15, 0.2) is 34.8 Å². The Morgan fingerprint density at radius 1 is 1.20 bits per heavy atom. The molecule has 2 rings (SSSR count). The highest BCUT2D eigenvalue weighted by Crippen LogP contribution is 2.30. The Kier molecular flexibility index (Phi) is 4.86. The van der Waals surface area contributed by atoms with Gasteiger partial charge in [0.2, 0.25) is 0 Å². The van der Waals surface area contributed by atoms with Crippen molar-refractivity contribution in [3.63, 3.8) is 0 Å². The molecule has 20 heavy (non-hydrogen) atoms. The molecule has 0 heterocycles. The fourth-order valence-corrected chi connectivity index (χ4v) is 3.10. The lowest BCUT2D eigenvalue weighted by Crippen LogP contribution is -2.08. The Bertz CT molecular complexity index is 680. The Hall–Kier alpha value is -0.880. The molecule has 2 aromatic rings. The van der Waals surface area contributed by atoms with Gasteiger partial charge in [0.05, 0.1) is 12.7 Å². The van der Waals surface area contributed by atoms with E-state index in [1.165, 1.54) is 0 Å². The molecule has 0 aliphatic rings. The zero-order chi connectivity index (χ0) is 14.9. The summed E-state index contributed by atoms with van der Waals surface area (Å²) in [7, 11) is 1.59. The van der Waals surface area contributed by atoms with E-state index in [4.69, 9.17) is 4.74 Å². The van der Waals surface area contributed by atoms with Gasteiger partial charge in [-0.2, -0.15) is 0 Å². The first-order chi connectivity index (χ1) is 9.43. The van der Waals surface area contributed by atoms with E-state index in [1.807, 2.05) is 44.2 Å². The number of carbonyl (C=O) groups excluding carboxylic acids is 1. The summed E-state index contributed by atoms with van der Waals surface area (Å²) in [5, 5.41) is 0. The summed E-state index contributed by atoms with van der Waals surface area (Å²) < 4.78 is 7.20. The second kappa shape index (κ2) is 6.26. The van der Waals surface area contributed by atoms with Gasteiger partial charge in [0, 0.05) is 13.6 Å². The molecule has 2 aromatic carbocycles. The highest BCUT2D eigenvalue weighted by atomic mass is 127. The van der Waals surface area contributed by atoms with E-state index < -0.39 is 0 Å². The normalized spacial score (nSPS) is 10.4. The topological polar surface area (TPSA) is 26.3 Å². The minimum Gasteiger partial charge on any atom is -0.496 e. The van der Waals surface area contributed by atoms with Crippen molar-refractivity contribution < 1.29 is 9.53 Å². The van der Waals surface area contributed by atoms with Crippen LogP contribution in [0.5, 0.6) is 5.75 Å². The lowest BCUT2D eigenvalue weighted by atomic mass is 9.96. The largest absolute Gasteiger partial charge is 0.496 e. The molecular weight excluding hydrogens is 431 g/mol. The van der Waals surface area contributed by atoms with Gasteiger partial charge in [0.15, 0.2) is 5.78 Å². The molecule has 0 atom stereocenters. The third-order valence-corrected chi connectivity index (χ3v) is 4.43. The molecule has 0 spiro atoms. The summed E-state index contributed by atoms with van der Waals surface area (Å²) in [4.78, 5) is 12.8. The van der Waals surface area contributed by atoms with Crippen LogP contribution >= 0.6 is 38.5 Å². The van der Waals surface area contributed by atoms with Crippen molar-refractivity contribution in [2.24, 2.45) is 0 Å². The fourth-order valence-electron chi connectivity index (χ4n) is 2.19. The van der Waals surface area contributed by atoms with Crippen LogP contribution in [0.25, 0.3) is 0 Å². The zero-order valence-electron chi connectivity index (χ0n) is 11.5. The maximum absolute atomic E-state index is 12.8. The van der Waals surface area contributed by atoms with Gasteiger partial charge in [-0.25, -0.2) is 0 Å². The molecule has 0 unspecified atom stereocenters. The quantitative estimate of drug-likeness (QED) is 0.496. The summed E-state index contributed by atoms with van der Waals surface area (Å²) in [5.74, 6) is 0.600. The number of hydrogen-bond donors (Lipinski definition) is 0. The van der Waals surface area contributed by atoms with Gasteiger partial charge in [0.1, 0.15) is 5.75 Å². The summed E-state index contributed by atoms with van der Waals surface area (Å²) in [6.45, 7) is 3.93. The van der Waals surface area contributed by atoms with Crippen LogP contribution in [0, 0.1) is 17.4 Å². The van der Waals surface area contributed by atoms with Crippen LogP contribution in [0.3, 0.4) is 0 Å². The van der Waals surface area contributed by atoms with Crippen LogP contribution in [0.4, 0.5) is 0 Å². The minimum atomic E-state index is -0.0234. The highest BCUT2D eigenvalue weighted by Gasteiger charge is 2.20. The van der Waals surface area contributed by atoms with Crippen molar-refractivity contribution >= 4 is 44.3 Å². The Morgan fingerprint density at radius 2 is 1.90 bits per heavy atom. The molecule has 0 N–H and O–H groups in total. The predicted octanol–water partition coefficient (Wildman–Crippen LogP) is 4.91. The predicted molar refractivity (Wildman–Crippen MR) is 92.8 cm³/mol. The summed E-state index contributed by atoms with van der Waals surface area (Å²) >= 11 is 5.65. The second-order valence-electron chi connectivity index (χ2n) is 4.61. The Balaban J connectivity index is 2.62. The van der Waals surface area contributed by atoms with Crippen molar-refractivity contribution in [1.82, 2.24) is 0 Å². The van der Waals surface area contributed by atoms with Gasteiger partial charge in [0.25, 0.3) is 0 Å². The number of benzene rings is 2. The lowest BCUT2D eigenvalue weighted by molar-refractivity contribution is 0.103. The number of ketones is 1. The van der Waals surface area contributed by atoms with E-state index in [0.717, 1.165) is 19.2 Å². The molecular formula is C16H14BrIO2. The van der Waals surface area contributed by atoms with Gasteiger partial charge in [-0.15, -0.1) is 0 Å². The molecule has 0 radical (unpaired) electrons. The molecule has 0 aliphatic heterocycles. The van der Waals surface area contributed by atoms with Gasteiger partial charge < -0.3 is 4.74 Å². The van der Waals surface area contributed by atoms with Crippen molar-refractivity contribution in [2.45, 2.75) is 13.8 Å². The zero-order valence-corrected chi connectivity index (χ0v) is 15.2. The molecule has 0 saturated carbocycles. The third-order valence-electron chi connectivity index (χ3n) is 3.06. The number of halogens is 2. The number of methoxy groups -OCH3 is 1. The van der Waals surface area contributed by atoms with Gasteiger partial charge in [-0.3, -0.25) is 4.79 Å². The molecule has 4 heteroatoms. The molecule has 0 aliphatic carbocycles. The first-order valence-electron chi connectivity index (χ1n) is 6.09. The van der Waals surface area contributed by atoms with Gasteiger partial charge >= 0.3 is 0 Å². The van der Waals surface area contributed by atoms with Crippen molar-refractivity contribution in [2.75, 3.05) is 7.11 Å². The van der Waals surface area contributed by atoms with Crippen molar-refractivity contribution in [3.05, 3.63) is 60.6 Å². The summed E-state index contributed by atoms with van der Waals surface area (Å²) in [6, 6.07) is 9.62. The van der Waals surface area contributed by atoms with E-state index in [-0.39, 0.29) is 5.78 Å². The molecule has 0 bridgehead atoms. The fraction of sp³-hybridized carbons (Fsp3) is 0.188. The number of hydrogen-bond acceptors (Lipinski definition) is 2. The Morgan fingerprint density at radius 3 is 2.55 bits per heavy atom. The van der Waals surface area contributed by atoms with Crippen molar-refractivity contribution in [3.8, 4) is 5.75 Å². The van der Waals surface area contributed by atoms with Crippen LogP contribution in [0.1, 0.15) is 27.0 Å². The molecule has 2 nitrogen and oxygen atoms in total. The van der Waals surface area contributed by atoms with Crippen molar-refractivity contribution in [1.29, 1.82) is 0 Å². The molecule has 104 valence electrons. The van der Waals surface area contributed by atoms with Crippen LogP contribution in [0.2, 0.25) is 0 Å². The smallest absolute Gasteiger partial charge is 0.198 e. The van der Waals surface area contributed by atoms with Gasteiger partial charge in [-0.05, 0) is 71.8 Å². The first-order valence-corrected chi connectivity index (χ1v) is 7.96. The van der Waals surface area contributed by atoms with E-state index in [9.17, 15) is 4.79 Å². The molecule has 0 amide bonds. The number of aryl methyl sites for hydroxylation is 2. The average Bonchev–Trinajstić information content (AvgIpc) is 2.40. The third kappa shape index (κ3) is 3.06. The monoisotopic (exact) mass is 444 g/mol.